The fraction of sp³-hybridized carbons (Fsp3) is 0.467. The molecule has 0 bridgehead atoms. The second-order valence-electron chi connectivity index (χ2n) is 5.37. The monoisotopic (exact) mass is 307 g/mol. The van der Waals surface area contributed by atoms with Crippen LogP contribution in [0.4, 0.5) is 5.69 Å². The highest BCUT2D eigenvalue weighted by Gasteiger charge is 2.22. The number of rotatable bonds is 5. The summed E-state index contributed by atoms with van der Waals surface area (Å²) < 4.78 is 5.11. The van der Waals surface area contributed by atoms with Crippen molar-refractivity contribution in [1.82, 2.24) is 10.2 Å². The number of aliphatic carboxylic acids is 1. The number of methoxy groups -OCH3 is 1. The molecule has 0 saturated carbocycles. The fourth-order valence-electron chi connectivity index (χ4n) is 2.55. The lowest BCUT2D eigenvalue weighted by molar-refractivity contribution is -0.138. The summed E-state index contributed by atoms with van der Waals surface area (Å²) in [5.74, 6) is -0.518. The van der Waals surface area contributed by atoms with E-state index < -0.39 is 5.97 Å². The van der Waals surface area contributed by atoms with E-state index >= 15 is 0 Å². The van der Waals surface area contributed by atoms with Crippen LogP contribution < -0.4 is 15.8 Å². The minimum absolute atomic E-state index is 0.0514. The molecule has 7 nitrogen and oxygen atoms in total. The van der Waals surface area contributed by atoms with Gasteiger partial charge in [-0.05, 0) is 31.0 Å². The molecular weight excluding hydrogens is 286 g/mol. The highest BCUT2D eigenvalue weighted by Crippen LogP contribution is 2.22. The van der Waals surface area contributed by atoms with Gasteiger partial charge in [-0.1, -0.05) is 0 Å². The van der Waals surface area contributed by atoms with Crippen molar-refractivity contribution < 1.29 is 19.4 Å². The van der Waals surface area contributed by atoms with Gasteiger partial charge in [-0.25, -0.2) is 0 Å². The van der Waals surface area contributed by atoms with Crippen molar-refractivity contribution in [3.05, 3.63) is 23.8 Å². The Morgan fingerprint density at radius 3 is 2.68 bits per heavy atom. The van der Waals surface area contributed by atoms with Crippen LogP contribution in [-0.2, 0) is 4.79 Å². The van der Waals surface area contributed by atoms with Crippen LogP contribution >= 0.6 is 0 Å². The quantitative estimate of drug-likeness (QED) is 0.686. The first-order valence-electron chi connectivity index (χ1n) is 7.18. The highest BCUT2D eigenvalue weighted by molar-refractivity contribution is 5.95. The molecule has 1 fully saturated rings. The molecule has 1 aromatic rings. The lowest BCUT2D eigenvalue weighted by Gasteiger charge is -2.31. The van der Waals surface area contributed by atoms with E-state index in [4.69, 9.17) is 15.6 Å². The third kappa shape index (κ3) is 4.11. The van der Waals surface area contributed by atoms with Crippen molar-refractivity contribution in [2.45, 2.75) is 18.9 Å². The number of nitrogens with zero attached hydrogens (tertiary/aromatic N) is 1. The number of likely N-dealkylation sites (tertiary alicyclic amines) is 1. The van der Waals surface area contributed by atoms with Gasteiger partial charge in [0.1, 0.15) is 5.75 Å². The number of carboxylic acids is 1. The van der Waals surface area contributed by atoms with Crippen LogP contribution in [0.3, 0.4) is 0 Å². The van der Waals surface area contributed by atoms with Crippen molar-refractivity contribution in [1.29, 1.82) is 0 Å². The average molecular weight is 307 g/mol. The van der Waals surface area contributed by atoms with Crippen molar-refractivity contribution in [3.63, 3.8) is 0 Å². The number of carboxylic acid groups (broad SMARTS) is 1. The molecule has 1 heterocycles. The van der Waals surface area contributed by atoms with Gasteiger partial charge in [0.25, 0.3) is 5.91 Å². The Morgan fingerprint density at radius 2 is 2.09 bits per heavy atom. The van der Waals surface area contributed by atoms with E-state index in [2.05, 4.69) is 5.32 Å². The van der Waals surface area contributed by atoms with E-state index in [1.54, 1.807) is 18.2 Å². The van der Waals surface area contributed by atoms with Crippen LogP contribution in [0.2, 0.25) is 0 Å². The van der Waals surface area contributed by atoms with E-state index in [0.29, 0.717) is 30.1 Å². The summed E-state index contributed by atoms with van der Waals surface area (Å²) in [5.41, 5.74) is 6.72. The van der Waals surface area contributed by atoms with Gasteiger partial charge in [-0.2, -0.15) is 0 Å². The van der Waals surface area contributed by atoms with Gasteiger partial charge < -0.3 is 20.9 Å². The number of piperidine rings is 1. The zero-order valence-corrected chi connectivity index (χ0v) is 12.5. The summed E-state index contributed by atoms with van der Waals surface area (Å²) in [6, 6.07) is 4.97. The van der Waals surface area contributed by atoms with Gasteiger partial charge in [0, 0.05) is 24.7 Å². The van der Waals surface area contributed by atoms with Crippen molar-refractivity contribution in [2.75, 3.05) is 32.5 Å². The first kappa shape index (κ1) is 16.1. The Balaban J connectivity index is 1.89. The smallest absolute Gasteiger partial charge is 0.317 e. The Kier molecular flexibility index (Phi) is 5.21. The molecule has 0 atom stereocenters. The van der Waals surface area contributed by atoms with Gasteiger partial charge in [0.05, 0.1) is 19.3 Å². The Labute approximate surface area is 129 Å². The molecule has 120 valence electrons. The van der Waals surface area contributed by atoms with E-state index in [1.165, 1.54) is 7.11 Å². The molecule has 1 aliphatic heterocycles. The average Bonchev–Trinajstić information content (AvgIpc) is 2.49. The van der Waals surface area contributed by atoms with Crippen molar-refractivity contribution in [3.8, 4) is 5.75 Å². The van der Waals surface area contributed by atoms with Gasteiger partial charge in [-0.15, -0.1) is 0 Å². The van der Waals surface area contributed by atoms with Crippen LogP contribution in [-0.4, -0.2) is 54.7 Å². The zero-order chi connectivity index (χ0) is 16.1. The van der Waals surface area contributed by atoms with Crippen molar-refractivity contribution >= 4 is 17.6 Å². The molecule has 1 amide bonds. The highest BCUT2D eigenvalue weighted by atomic mass is 16.5. The normalized spacial score (nSPS) is 16.2. The summed E-state index contributed by atoms with van der Waals surface area (Å²) >= 11 is 0. The van der Waals surface area contributed by atoms with Crippen LogP contribution in [0.1, 0.15) is 23.2 Å². The van der Waals surface area contributed by atoms with Gasteiger partial charge in [0.15, 0.2) is 0 Å². The van der Waals surface area contributed by atoms with Crippen LogP contribution in [0.25, 0.3) is 0 Å². The minimum atomic E-state index is -0.823. The Bertz CT molecular complexity index is 554. The predicted octanol–water partition coefficient (Wildman–Crippen LogP) is 0.556. The first-order chi connectivity index (χ1) is 10.5. The predicted molar refractivity (Wildman–Crippen MR) is 82.0 cm³/mol. The molecule has 2 rings (SSSR count). The second kappa shape index (κ2) is 7.13. The van der Waals surface area contributed by atoms with E-state index in [0.717, 1.165) is 12.8 Å². The van der Waals surface area contributed by atoms with E-state index in [9.17, 15) is 9.59 Å². The molecule has 7 heteroatoms. The molecule has 0 radical (unpaired) electrons. The maximum absolute atomic E-state index is 12.2. The minimum Gasteiger partial charge on any atom is -0.495 e. The maximum atomic E-state index is 12.2. The van der Waals surface area contributed by atoms with Crippen molar-refractivity contribution in [2.24, 2.45) is 0 Å². The second-order valence-corrected chi connectivity index (χ2v) is 5.37. The maximum Gasteiger partial charge on any atom is 0.317 e. The van der Waals surface area contributed by atoms with Crippen LogP contribution in [0.15, 0.2) is 18.2 Å². The number of carbonyl (C=O) groups excluding carboxylic acids is 1. The first-order valence-corrected chi connectivity index (χ1v) is 7.18. The number of nitrogens with two attached hydrogens (primary N) is 1. The zero-order valence-electron chi connectivity index (χ0n) is 12.5. The van der Waals surface area contributed by atoms with Gasteiger partial charge >= 0.3 is 5.97 Å². The Morgan fingerprint density at radius 1 is 1.41 bits per heavy atom. The van der Waals surface area contributed by atoms with Crippen LogP contribution in [0.5, 0.6) is 5.75 Å². The number of nitrogens with one attached hydrogen (secondary N) is 1. The fourth-order valence-corrected chi connectivity index (χ4v) is 2.55. The summed E-state index contributed by atoms with van der Waals surface area (Å²) in [5, 5.41) is 11.7. The van der Waals surface area contributed by atoms with Gasteiger partial charge in [-0.3, -0.25) is 14.5 Å². The Hall–Kier alpha value is -2.28. The molecule has 0 aromatic heterocycles. The lowest BCUT2D eigenvalue weighted by atomic mass is 10.0. The topological polar surface area (TPSA) is 105 Å². The number of ether oxygens (including phenoxy) is 1. The number of hydrogen-bond donors (Lipinski definition) is 3. The number of anilines is 1. The number of benzene rings is 1. The SMILES string of the molecule is COc1cc(C(=O)NC2CCN(CC(=O)O)CC2)ccc1N. The molecule has 0 spiro atoms. The molecule has 0 aliphatic carbocycles. The summed E-state index contributed by atoms with van der Waals surface area (Å²) in [6.45, 7) is 1.39. The van der Waals surface area contributed by atoms with E-state index in [1.807, 2.05) is 4.90 Å². The molecule has 1 aliphatic rings. The summed E-state index contributed by atoms with van der Waals surface area (Å²) in [6.07, 6.45) is 1.48. The number of carbonyl (C=O) groups is 2. The third-order valence-corrected chi connectivity index (χ3v) is 3.78. The summed E-state index contributed by atoms with van der Waals surface area (Å²) in [7, 11) is 1.51. The molecular formula is C15H21N3O4. The standard InChI is InChI=1S/C15H21N3O4/c1-22-13-8-10(2-3-12(13)16)15(21)17-11-4-6-18(7-5-11)9-14(19)20/h2-3,8,11H,4-7,9,16H2,1H3,(H,17,21)(H,19,20). The molecule has 4 N–H and O–H groups in total. The summed E-state index contributed by atoms with van der Waals surface area (Å²) in [4.78, 5) is 24.8. The molecule has 22 heavy (non-hydrogen) atoms. The number of nitrogen functional groups attached to an aromatic ring is 1. The van der Waals surface area contributed by atoms with E-state index in [-0.39, 0.29) is 18.5 Å². The van der Waals surface area contributed by atoms with Gasteiger partial charge in [0.2, 0.25) is 0 Å². The third-order valence-electron chi connectivity index (χ3n) is 3.78. The number of hydrogen-bond acceptors (Lipinski definition) is 5. The van der Waals surface area contributed by atoms with Crippen LogP contribution in [0, 0.1) is 0 Å². The molecule has 1 aromatic carbocycles. The number of amides is 1. The lowest BCUT2D eigenvalue weighted by Crippen LogP contribution is -2.45. The molecule has 1 saturated heterocycles. The largest absolute Gasteiger partial charge is 0.495 e. The molecule has 0 unspecified atom stereocenters.